The maximum Gasteiger partial charge on any atom is 0.0470 e. The molecular weight excluding hydrogens is 244 g/mol. The van der Waals surface area contributed by atoms with Gasteiger partial charge in [-0.1, -0.05) is 56.5 Å². The molecule has 0 aliphatic carbocycles. The molecule has 1 saturated heterocycles. The summed E-state index contributed by atoms with van der Waals surface area (Å²) >= 11 is 0. The van der Waals surface area contributed by atoms with Crippen LogP contribution in [0.2, 0.25) is 0 Å². The SMILES string of the molecule is CCC1(CC)CCN(C(CN)c2ccc(C)cc2)CC1. The molecule has 1 atom stereocenters. The fourth-order valence-electron chi connectivity index (χ4n) is 3.55. The highest BCUT2D eigenvalue weighted by Gasteiger charge is 2.33. The first kappa shape index (κ1) is 15.5. The van der Waals surface area contributed by atoms with Gasteiger partial charge in [-0.05, 0) is 43.8 Å². The van der Waals surface area contributed by atoms with Crippen LogP contribution < -0.4 is 5.73 Å². The first-order valence-electron chi connectivity index (χ1n) is 8.15. The monoisotopic (exact) mass is 274 g/mol. The van der Waals surface area contributed by atoms with E-state index in [0.29, 0.717) is 18.0 Å². The zero-order valence-electron chi connectivity index (χ0n) is 13.4. The first-order valence-corrected chi connectivity index (χ1v) is 8.15. The Hall–Kier alpha value is -0.860. The molecule has 0 bridgehead atoms. The highest BCUT2D eigenvalue weighted by Crippen LogP contribution is 2.39. The summed E-state index contributed by atoms with van der Waals surface area (Å²) in [4.78, 5) is 2.59. The maximum atomic E-state index is 6.06. The largest absolute Gasteiger partial charge is 0.329 e. The van der Waals surface area contributed by atoms with Crippen molar-refractivity contribution in [3.05, 3.63) is 35.4 Å². The van der Waals surface area contributed by atoms with Crippen LogP contribution in [0.15, 0.2) is 24.3 Å². The smallest absolute Gasteiger partial charge is 0.0470 e. The second-order valence-electron chi connectivity index (χ2n) is 6.41. The van der Waals surface area contributed by atoms with Gasteiger partial charge in [-0.3, -0.25) is 4.90 Å². The van der Waals surface area contributed by atoms with E-state index in [1.165, 1.54) is 49.9 Å². The van der Waals surface area contributed by atoms with Gasteiger partial charge in [-0.2, -0.15) is 0 Å². The molecule has 1 aromatic rings. The molecule has 1 aliphatic rings. The third-order valence-corrected chi connectivity index (χ3v) is 5.48. The number of piperidine rings is 1. The van der Waals surface area contributed by atoms with Gasteiger partial charge in [0.05, 0.1) is 0 Å². The van der Waals surface area contributed by atoms with Crippen molar-refractivity contribution >= 4 is 0 Å². The Kier molecular flexibility index (Phi) is 5.22. The molecule has 2 N–H and O–H groups in total. The number of rotatable bonds is 5. The van der Waals surface area contributed by atoms with E-state index in [2.05, 4.69) is 49.9 Å². The number of nitrogens with two attached hydrogens (primary N) is 1. The van der Waals surface area contributed by atoms with Gasteiger partial charge >= 0.3 is 0 Å². The highest BCUT2D eigenvalue weighted by atomic mass is 15.2. The summed E-state index contributed by atoms with van der Waals surface area (Å²) in [6.45, 7) is 9.93. The molecular formula is C18H30N2. The fraction of sp³-hybridized carbons (Fsp3) is 0.667. The van der Waals surface area contributed by atoms with Gasteiger partial charge in [0.15, 0.2) is 0 Å². The van der Waals surface area contributed by atoms with Crippen LogP contribution in [0.25, 0.3) is 0 Å². The Balaban J connectivity index is 2.05. The van der Waals surface area contributed by atoms with Crippen molar-refractivity contribution in [3.8, 4) is 0 Å². The van der Waals surface area contributed by atoms with Crippen LogP contribution in [0, 0.1) is 12.3 Å². The number of benzene rings is 1. The lowest BCUT2D eigenvalue weighted by atomic mass is 9.74. The van der Waals surface area contributed by atoms with Crippen molar-refractivity contribution in [2.24, 2.45) is 11.1 Å². The van der Waals surface area contributed by atoms with Crippen LogP contribution in [0.5, 0.6) is 0 Å². The molecule has 1 fully saturated rings. The minimum absolute atomic E-state index is 0.391. The molecule has 112 valence electrons. The summed E-state index contributed by atoms with van der Waals surface area (Å²) < 4.78 is 0. The van der Waals surface area contributed by atoms with Crippen LogP contribution in [0.4, 0.5) is 0 Å². The third kappa shape index (κ3) is 3.24. The molecule has 1 unspecified atom stereocenters. The van der Waals surface area contributed by atoms with Crippen LogP contribution in [0.1, 0.15) is 56.7 Å². The second kappa shape index (κ2) is 6.73. The van der Waals surface area contributed by atoms with E-state index >= 15 is 0 Å². The van der Waals surface area contributed by atoms with Crippen LogP contribution in [-0.4, -0.2) is 24.5 Å². The lowest BCUT2D eigenvalue weighted by molar-refractivity contribution is 0.0680. The third-order valence-electron chi connectivity index (χ3n) is 5.48. The Bertz CT molecular complexity index is 396. The van der Waals surface area contributed by atoms with E-state index < -0.39 is 0 Å². The van der Waals surface area contributed by atoms with Gasteiger partial charge in [0.1, 0.15) is 0 Å². The Morgan fingerprint density at radius 2 is 1.65 bits per heavy atom. The molecule has 1 aliphatic heterocycles. The minimum Gasteiger partial charge on any atom is -0.329 e. The molecule has 1 heterocycles. The number of aryl methyl sites for hydroxylation is 1. The lowest BCUT2D eigenvalue weighted by Gasteiger charge is -2.44. The average Bonchev–Trinajstić information content (AvgIpc) is 2.51. The van der Waals surface area contributed by atoms with Crippen molar-refractivity contribution in [1.29, 1.82) is 0 Å². The minimum atomic E-state index is 0.391. The summed E-state index contributed by atoms with van der Waals surface area (Å²) in [6.07, 6.45) is 5.27. The van der Waals surface area contributed by atoms with E-state index in [1.807, 2.05) is 0 Å². The Morgan fingerprint density at radius 3 is 2.10 bits per heavy atom. The van der Waals surface area contributed by atoms with E-state index in [9.17, 15) is 0 Å². The topological polar surface area (TPSA) is 29.3 Å². The number of hydrogen-bond acceptors (Lipinski definition) is 2. The quantitative estimate of drug-likeness (QED) is 0.882. The number of nitrogens with zero attached hydrogens (tertiary/aromatic N) is 1. The molecule has 0 saturated carbocycles. The standard InChI is InChI=1S/C18H30N2/c1-4-18(5-2)10-12-20(13-11-18)17(14-19)16-8-6-15(3)7-9-16/h6-9,17H,4-5,10-14,19H2,1-3H3. The molecule has 2 rings (SSSR count). The van der Waals surface area contributed by atoms with Crippen molar-refractivity contribution in [2.45, 2.75) is 52.5 Å². The van der Waals surface area contributed by atoms with Gasteiger partial charge in [-0.25, -0.2) is 0 Å². The lowest BCUT2D eigenvalue weighted by Crippen LogP contribution is -2.43. The normalized spacial score (nSPS) is 20.8. The predicted octanol–water partition coefficient (Wildman–Crippen LogP) is 3.90. The van der Waals surface area contributed by atoms with E-state index in [0.717, 1.165) is 0 Å². The van der Waals surface area contributed by atoms with Gasteiger partial charge in [0, 0.05) is 12.6 Å². The van der Waals surface area contributed by atoms with E-state index in [4.69, 9.17) is 5.73 Å². The van der Waals surface area contributed by atoms with Gasteiger partial charge in [-0.15, -0.1) is 0 Å². The van der Waals surface area contributed by atoms with Gasteiger partial charge < -0.3 is 5.73 Å². The van der Waals surface area contributed by atoms with Crippen molar-refractivity contribution in [1.82, 2.24) is 4.90 Å². The molecule has 1 aromatic carbocycles. The summed E-state index contributed by atoms with van der Waals surface area (Å²) in [5.41, 5.74) is 9.34. The summed E-state index contributed by atoms with van der Waals surface area (Å²) in [6, 6.07) is 9.28. The highest BCUT2D eigenvalue weighted by molar-refractivity contribution is 5.24. The molecule has 20 heavy (non-hydrogen) atoms. The first-order chi connectivity index (χ1) is 9.64. The fourth-order valence-corrected chi connectivity index (χ4v) is 3.55. The van der Waals surface area contributed by atoms with Crippen LogP contribution >= 0.6 is 0 Å². The van der Waals surface area contributed by atoms with Crippen LogP contribution in [-0.2, 0) is 0 Å². The summed E-state index contributed by atoms with van der Waals surface area (Å²) in [7, 11) is 0. The van der Waals surface area contributed by atoms with Crippen molar-refractivity contribution in [2.75, 3.05) is 19.6 Å². The van der Waals surface area contributed by atoms with E-state index in [-0.39, 0.29) is 0 Å². The zero-order chi connectivity index (χ0) is 14.6. The Labute approximate surface area is 124 Å². The molecule has 2 heteroatoms. The van der Waals surface area contributed by atoms with Gasteiger partial charge in [0.25, 0.3) is 0 Å². The number of likely N-dealkylation sites (tertiary alicyclic amines) is 1. The van der Waals surface area contributed by atoms with Crippen LogP contribution in [0.3, 0.4) is 0 Å². The Morgan fingerprint density at radius 1 is 1.10 bits per heavy atom. The summed E-state index contributed by atoms with van der Waals surface area (Å²) in [5.74, 6) is 0. The molecule has 2 nitrogen and oxygen atoms in total. The molecule has 0 aromatic heterocycles. The maximum absolute atomic E-state index is 6.06. The van der Waals surface area contributed by atoms with Crippen molar-refractivity contribution in [3.63, 3.8) is 0 Å². The van der Waals surface area contributed by atoms with E-state index in [1.54, 1.807) is 0 Å². The second-order valence-corrected chi connectivity index (χ2v) is 6.41. The van der Waals surface area contributed by atoms with Crippen molar-refractivity contribution < 1.29 is 0 Å². The zero-order valence-corrected chi connectivity index (χ0v) is 13.4. The molecule has 0 amide bonds. The molecule has 0 spiro atoms. The molecule has 0 radical (unpaired) electrons. The average molecular weight is 274 g/mol. The predicted molar refractivity (Wildman–Crippen MR) is 86.8 cm³/mol. The number of hydrogen-bond donors (Lipinski definition) is 1. The summed E-state index contributed by atoms with van der Waals surface area (Å²) in [5, 5.41) is 0. The van der Waals surface area contributed by atoms with Gasteiger partial charge in [0.2, 0.25) is 0 Å².